The molecule has 0 spiro atoms. The average molecular weight is 390 g/mol. The van der Waals surface area contributed by atoms with Gasteiger partial charge in [-0.05, 0) is 47.9 Å². The highest BCUT2D eigenvalue weighted by Crippen LogP contribution is 2.50. The molecule has 1 aromatic carbocycles. The summed E-state index contributed by atoms with van der Waals surface area (Å²) >= 11 is 1.56. The maximum Gasteiger partial charge on any atom is 0.162 e. The van der Waals surface area contributed by atoms with Gasteiger partial charge in [-0.2, -0.15) is 5.26 Å². The Morgan fingerprint density at radius 1 is 1.25 bits per heavy atom. The van der Waals surface area contributed by atoms with Gasteiger partial charge >= 0.3 is 0 Å². The van der Waals surface area contributed by atoms with Crippen LogP contribution in [0.4, 0.5) is 5.69 Å². The minimum Gasteiger partial charge on any atom is -0.384 e. The normalized spacial score (nSPS) is 21.6. The molecule has 4 nitrogen and oxygen atoms in total. The van der Waals surface area contributed by atoms with Crippen LogP contribution in [-0.4, -0.2) is 5.78 Å². The summed E-state index contributed by atoms with van der Waals surface area (Å²) in [6, 6.07) is 14.3. The molecule has 2 aliphatic rings. The van der Waals surface area contributed by atoms with Gasteiger partial charge in [-0.3, -0.25) is 9.69 Å². The lowest BCUT2D eigenvalue weighted by Gasteiger charge is -2.43. The van der Waals surface area contributed by atoms with Crippen molar-refractivity contribution in [1.29, 1.82) is 5.26 Å². The van der Waals surface area contributed by atoms with Crippen LogP contribution >= 0.6 is 11.3 Å². The molecule has 0 radical (unpaired) electrons. The largest absolute Gasteiger partial charge is 0.384 e. The van der Waals surface area contributed by atoms with Crippen LogP contribution in [0.25, 0.3) is 0 Å². The molecule has 1 unspecified atom stereocenters. The Hall–Kier alpha value is -2.84. The van der Waals surface area contributed by atoms with E-state index in [1.165, 1.54) is 0 Å². The minimum absolute atomic E-state index is 0.113. The maximum atomic E-state index is 13.3. The highest BCUT2D eigenvalue weighted by Gasteiger charge is 2.44. The fourth-order valence-electron chi connectivity index (χ4n) is 4.31. The SMILES string of the molecule is Cc1cccc(N2C(N)=C(C#N)C(c3cccs3)C3=C2CC(C)(C)CC3=O)c1. The third-order valence-corrected chi connectivity index (χ3v) is 6.41. The summed E-state index contributed by atoms with van der Waals surface area (Å²) in [5.41, 5.74) is 10.6. The summed E-state index contributed by atoms with van der Waals surface area (Å²) in [4.78, 5) is 16.2. The molecule has 4 rings (SSSR count). The van der Waals surface area contributed by atoms with Gasteiger partial charge in [0.05, 0.1) is 17.6 Å². The molecule has 0 saturated carbocycles. The van der Waals surface area contributed by atoms with Crippen LogP contribution < -0.4 is 10.6 Å². The molecule has 2 aromatic rings. The average Bonchev–Trinajstić information content (AvgIpc) is 3.14. The first-order valence-electron chi connectivity index (χ1n) is 9.38. The number of carbonyl (C=O) groups is 1. The number of ketones is 1. The molecular formula is C23H23N3OS. The molecule has 1 aromatic heterocycles. The molecule has 1 aliphatic heterocycles. The second-order valence-electron chi connectivity index (χ2n) is 8.33. The van der Waals surface area contributed by atoms with Gasteiger partial charge in [-0.25, -0.2) is 0 Å². The number of nitrogens with zero attached hydrogens (tertiary/aromatic N) is 2. The van der Waals surface area contributed by atoms with Crippen LogP contribution in [0.1, 0.15) is 43.0 Å². The van der Waals surface area contributed by atoms with Gasteiger partial charge < -0.3 is 5.73 Å². The Bertz CT molecular complexity index is 1050. The van der Waals surface area contributed by atoms with E-state index in [2.05, 4.69) is 19.9 Å². The van der Waals surface area contributed by atoms with Crippen molar-refractivity contribution < 1.29 is 4.79 Å². The van der Waals surface area contributed by atoms with Crippen molar-refractivity contribution in [3.63, 3.8) is 0 Å². The zero-order valence-electron chi connectivity index (χ0n) is 16.3. The first-order valence-corrected chi connectivity index (χ1v) is 10.3. The van der Waals surface area contributed by atoms with E-state index in [-0.39, 0.29) is 17.1 Å². The van der Waals surface area contributed by atoms with Gasteiger partial charge in [0.2, 0.25) is 0 Å². The summed E-state index contributed by atoms with van der Waals surface area (Å²) in [5.74, 6) is 0.169. The minimum atomic E-state index is -0.371. The Balaban J connectivity index is 2.00. The number of benzene rings is 1. The van der Waals surface area contributed by atoms with E-state index in [1.807, 2.05) is 53.6 Å². The summed E-state index contributed by atoms with van der Waals surface area (Å²) in [7, 11) is 0. The molecule has 0 saturated heterocycles. The van der Waals surface area contributed by atoms with E-state index in [4.69, 9.17) is 5.73 Å². The van der Waals surface area contributed by atoms with E-state index in [0.29, 0.717) is 17.8 Å². The van der Waals surface area contributed by atoms with E-state index in [0.717, 1.165) is 33.8 Å². The lowest BCUT2D eigenvalue weighted by atomic mass is 9.69. The fourth-order valence-corrected chi connectivity index (χ4v) is 5.15. The van der Waals surface area contributed by atoms with Crippen molar-refractivity contribution in [2.75, 3.05) is 4.90 Å². The molecule has 1 aliphatic carbocycles. The van der Waals surface area contributed by atoms with E-state index >= 15 is 0 Å². The number of nitrogens with two attached hydrogens (primary N) is 1. The van der Waals surface area contributed by atoms with Crippen molar-refractivity contribution in [1.82, 2.24) is 0 Å². The number of allylic oxidation sites excluding steroid dienone is 3. The van der Waals surface area contributed by atoms with E-state index in [9.17, 15) is 10.1 Å². The maximum absolute atomic E-state index is 13.3. The van der Waals surface area contributed by atoms with Crippen molar-refractivity contribution >= 4 is 22.8 Å². The Morgan fingerprint density at radius 3 is 2.68 bits per heavy atom. The van der Waals surface area contributed by atoms with Crippen LogP contribution in [0.15, 0.2) is 64.4 Å². The standard InChI is InChI=1S/C23H23N3OS/c1-14-6-4-7-15(10-14)26-17-11-23(2,3)12-18(27)21(17)20(16(13-24)22(26)25)19-8-5-9-28-19/h4-10,20H,11-12,25H2,1-3H3. The number of carbonyl (C=O) groups excluding carboxylic acids is 1. The summed E-state index contributed by atoms with van der Waals surface area (Å²) in [5, 5.41) is 12.0. The first kappa shape index (κ1) is 18.5. The number of thiophene rings is 1. The summed E-state index contributed by atoms with van der Waals surface area (Å²) in [6.07, 6.45) is 1.22. The number of hydrogen-bond acceptors (Lipinski definition) is 5. The number of rotatable bonds is 2. The molecule has 5 heteroatoms. The van der Waals surface area contributed by atoms with Crippen LogP contribution in [0, 0.1) is 23.7 Å². The lowest BCUT2D eigenvalue weighted by molar-refractivity contribution is -0.118. The fraction of sp³-hybridized carbons (Fsp3) is 0.304. The van der Waals surface area contributed by atoms with Gasteiger partial charge in [-0.1, -0.05) is 32.0 Å². The van der Waals surface area contributed by atoms with Crippen LogP contribution in [0.2, 0.25) is 0 Å². The van der Waals surface area contributed by atoms with E-state index in [1.54, 1.807) is 11.3 Å². The second kappa shape index (κ2) is 6.65. The molecule has 2 N–H and O–H groups in total. The molecule has 1 atom stereocenters. The third kappa shape index (κ3) is 2.94. The van der Waals surface area contributed by atoms with Crippen LogP contribution in [0.3, 0.4) is 0 Å². The molecule has 28 heavy (non-hydrogen) atoms. The molecule has 0 amide bonds. The molecule has 142 valence electrons. The zero-order valence-corrected chi connectivity index (χ0v) is 17.1. The predicted molar refractivity (Wildman–Crippen MR) is 113 cm³/mol. The van der Waals surface area contributed by atoms with Crippen LogP contribution in [0.5, 0.6) is 0 Å². The van der Waals surface area contributed by atoms with Crippen LogP contribution in [-0.2, 0) is 4.79 Å². The summed E-state index contributed by atoms with van der Waals surface area (Å²) in [6.45, 7) is 6.25. The smallest absolute Gasteiger partial charge is 0.162 e. The molecule has 0 fully saturated rings. The number of anilines is 1. The number of Topliss-reactive ketones (excluding diaryl/α,β-unsaturated/α-hetero) is 1. The third-order valence-electron chi connectivity index (χ3n) is 5.47. The van der Waals surface area contributed by atoms with Gasteiger partial charge in [0, 0.05) is 28.3 Å². The van der Waals surface area contributed by atoms with Gasteiger partial charge in [0.25, 0.3) is 0 Å². The molecular weight excluding hydrogens is 366 g/mol. The quantitative estimate of drug-likeness (QED) is 0.785. The number of hydrogen-bond donors (Lipinski definition) is 1. The van der Waals surface area contributed by atoms with Gasteiger partial charge in [-0.15, -0.1) is 11.3 Å². The lowest BCUT2D eigenvalue weighted by Crippen LogP contribution is -2.42. The Morgan fingerprint density at radius 2 is 2.04 bits per heavy atom. The van der Waals surface area contributed by atoms with Crippen molar-refractivity contribution in [2.24, 2.45) is 11.1 Å². The van der Waals surface area contributed by atoms with Gasteiger partial charge in [0.15, 0.2) is 5.78 Å². The Kier molecular flexibility index (Phi) is 4.40. The highest BCUT2D eigenvalue weighted by atomic mass is 32.1. The zero-order chi connectivity index (χ0) is 20.1. The van der Waals surface area contributed by atoms with Gasteiger partial charge in [0.1, 0.15) is 5.82 Å². The van der Waals surface area contributed by atoms with Crippen molar-refractivity contribution in [3.05, 3.63) is 74.9 Å². The predicted octanol–water partition coefficient (Wildman–Crippen LogP) is 5.00. The van der Waals surface area contributed by atoms with Crippen molar-refractivity contribution in [2.45, 2.75) is 39.5 Å². The highest BCUT2D eigenvalue weighted by molar-refractivity contribution is 7.10. The summed E-state index contributed by atoms with van der Waals surface area (Å²) < 4.78 is 0. The first-order chi connectivity index (χ1) is 13.3. The topological polar surface area (TPSA) is 70.1 Å². The second-order valence-corrected chi connectivity index (χ2v) is 9.31. The number of aryl methyl sites for hydroxylation is 1. The molecule has 2 heterocycles. The van der Waals surface area contributed by atoms with Crippen molar-refractivity contribution in [3.8, 4) is 6.07 Å². The number of nitriles is 1. The van der Waals surface area contributed by atoms with E-state index < -0.39 is 0 Å². The molecule has 0 bridgehead atoms. The Labute approximate surface area is 169 Å². The monoisotopic (exact) mass is 389 g/mol.